The molecular formula is C16H25FN2O. The van der Waals surface area contributed by atoms with Gasteiger partial charge in [0.2, 0.25) is 0 Å². The van der Waals surface area contributed by atoms with Crippen molar-refractivity contribution in [1.29, 1.82) is 0 Å². The molecule has 1 aliphatic heterocycles. The highest BCUT2D eigenvalue weighted by molar-refractivity contribution is 5.08. The molecule has 4 heteroatoms. The second-order valence-electron chi connectivity index (χ2n) is 5.98. The molecule has 20 heavy (non-hydrogen) atoms. The number of pyridine rings is 1. The minimum absolute atomic E-state index is 0.103. The molecule has 112 valence electrons. The molecule has 1 saturated heterocycles. The van der Waals surface area contributed by atoms with Crippen molar-refractivity contribution in [3.8, 4) is 0 Å². The molecule has 1 aromatic heterocycles. The predicted octanol–water partition coefficient (Wildman–Crippen LogP) is 3.01. The fraction of sp³-hybridized carbons (Fsp3) is 0.688. The molecule has 0 saturated carbocycles. The van der Waals surface area contributed by atoms with Gasteiger partial charge >= 0.3 is 0 Å². The highest BCUT2D eigenvalue weighted by Gasteiger charge is 2.23. The Morgan fingerprint density at radius 1 is 1.40 bits per heavy atom. The first-order valence-electron chi connectivity index (χ1n) is 7.62. The zero-order valence-corrected chi connectivity index (χ0v) is 12.4. The number of likely N-dealkylation sites (tertiary alicyclic amines) is 1. The number of nitrogens with zero attached hydrogens (tertiary/aromatic N) is 2. The molecule has 0 amide bonds. The van der Waals surface area contributed by atoms with Gasteiger partial charge in [0.05, 0.1) is 18.0 Å². The summed E-state index contributed by atoms with van der Waals surface area (Å²) in [7, 11) is 0. The van der Waals surface area contributed by atoms with Gasteiger partial charge in [0.25, 0.3) is 0 Å². The first-order valence-corrected chi connectivity index (χ1v) is 7.62. The maximum atomic E-state index is 12.8. The van der Waals surface area contributed by atoms with Gasteiger partial charge in [-0.2, -0.15) is 0 Å². The summed E-state index contributed by atoms with van der Waals surface area (Å²) in [6.45, 7) is 7.39. The van der Waals surface area contributed by atoms with Gasteiger partial charge in [0, 0.05) is 12.5 Å². The number of hydrogen-bond acceptors (Lipinski definition) is 3. The molecule has 2 atom stereocenters. The van der Waals surface area contributed by atoms with E-state index in [-0.39, 0.29) is 11.7 Å². The molecule has 2 rings (SSSR count). The molecule has 1 aliphatic rings. The summed E-state index contributed by atoms with van der Waals surface area (Å²) in [6.07, 6.45) is 4.32. The Morgan fingerprint density at radius 2 is 2.10 bits per heavy atom. The maximum Gasteiger partial charge on any atom is 0.141 e. The van der Waals surface area contributed by atoms with E-state index in [1.165, 1.54) is 25.3 Å². The van der Waals surface area contributed by atoms with Crippen molar-refractivity contribution in [1.82, 2.24) is 9.88 Å². The van der Waals surface area contributed by atoms with Crippen LogP contribution < -0.4 is 0 Å². The minimum Gasteiger partial charge on any atom is -0.386 e. The van der Waals surface area contributed by atoms with Crippen LogP contribution in [-0.2, 0) is 0 Å². The fourth-order valence-electron chi connectivity index (χ4n) is 2.94. The fourth-order valence-corrected chi connectivity index (χ4v) is 2.94. The monoisotopic (exact) mass is 280 g/mol. The summed E-state index contributed by atoms with van der Waals surface area (Å²) in [5.74, 6) is 0.603. The average molecular weight is 280 g/mol. The Kier molecular flexibility index (Phi) is 5.49. The van der Waals surface area contributed by atoms with Crippen molar-refractivity contribution in [3.63, 3.8) is 0 Å². The SMILES string of the molecule is CCC1CCN(CC(C)C(O)c2ccc(F)cn2)CC1. The summed E-state index contributed by atoms with van der Waals surface area (Å²) in [5, 5.41) is 10.3. The highest BCUT2D eigenvalue weighted by atomic mass is 19.1. The van der Waals surface area contributed by atoms with Gasteiger partial charge in [-0.1, -0.05) is 20.3 Å². The number of rotatable bonds is 5. The largest absolute Gasteiger partial charge is 0.386 e. The quantitative estimate of drug-likeness (QED) is 0.900. The van der Waals surface area contributed by atoms with Gasteiger partial charge in [-0.05, 0) is 44.0 Å². The van der Waals surface area contributed by atoms with Crippen molar-refractivity contribution in [2.75, 3.05) is 19.6 Å². The summed E-state index contributed by atoms with van der Waals surface area (Å²) in [4.78, 5) is 6.39. The van der Waals surface area contributed by atoms with E-state index in [9.17, 15) is 9.50 Å². The first kappa shape index (κ1) is 15.4. The minimum atomic E-state index is -0.625. The number of aliphatic hydroxyl groups is 1. The van der Waals surface area contributed by atoms with E-state index in [0.717, 1.165) is 31.7 Å². The molecular weight excluding hydrogens is 255 g/mol. The van der Waals surface area contributed by atoms with Crippen LogP contribution in [0.2, 0.25) is 0 Å². The van der Waals surface area contributed by atoms with Crippen LogP contribution >= 0.6 is 0 Å². The van der Waals surface area contributed by atoms with Gasteiger partial charge in [-0.15, -0.1) is 0 Å². The Morgan fingerprint density at radius 3 is 2.65 bits per heavy atom. The molecule has 2 heterocycles. The van der Waals surface area contributed by atoms with E-state index < -0.39 is 6.10 Å². The molecule has 1 fully saturated rings. The summed E-state index contributed by atoms with van der Waals surface area (Å²) in [5.41, 5.74) is 0.558. The number of aromatic nitrogens is 1. The van der Waals surface area contributed by atoms with Crippen molar-refractivity contribution in [2.24, 2.45) is 11.8 Å². The lowest BCUT2D eigenvalue weighted by Crippen LogP contribution is -2.37. The third kappa shape index (κ3) is 4.00. The van der Waals surface area contributed by atoms with E-state index in [4.69, 9.17) is 0 Å². The average Bonchev–Trinajstić information content (AvgIpc) is 2.48. The number of piperidine rings is 1. The summed E-state index contributed by atoms with van der Waals surface area (Å²) in [6, 6.07) is 2.92. The molecule has 0 spiro atoms. The molecule has 0 radical (unpaired) electrons. The van der Waals surface area contributed by atoms with Gasteiger partial charge in [0.1, 0.15) is 5.82 Å². The zero-order valence-electron chi connectivity index (χ0n) is 12.4. The molecule has 1 N–H and O–H groups in total. The lowest BCUT2D eigenvalue weighted by atomic mass is 9.93. The van der Waals surface area contributed by atoms with Crippen molar-refractivity contribution >= 4 is 0 Å². The highest BCUT2D eigenvalue weighted by Crippen LogP contribution is 2.24. The van der Waals surface area contributed by atoms with Crippen LogP contribution in [0.4, 0.5) is 4.39 Å². The second kappa shape index (κ2) is 7.14. The molecule has 0 bridgehead atoms. The number of hydrogen-bond donors (Lipinski definition) is 1. The van der Waals surface area contributed by atoms with Gasteiger partial charge in [0.15, 0.2) is 0 Å². The van der Waals surface area contributed by atoms with Crippen molar-refractivity contribution < 1.29 is 9.50 Å². The van der Waals surface area contributed by atoms with Gasteiger partial charge in [-0.25, -0.2) is 4.39 Å². The number of aliphatic hydroxyl groups excluding tert-OH is 1. The van der Waals surface area contributed by atoms with Gasteiger partial charge in [-0.3, -0.25) is 4.98 Å². The molecule has 0 aromatic carbocycles. The van der Waals surface area contributed by atoms with Crippen LogP contribution in [0.15, 0.2) is 18.3 Å². The Bertz CT molecular complexity index is 401. The lowest BCUT2D eigenvalue weighted by molar-refractivity contribution is 0.0720. The van der Waals surface area contributed by atoms with Crippen molar-refractivity contribution in [2.45, 2.75) is 39.2 Å². The van der Waals surface area contributed by atoms with Gasteiger partial charge < -0.3 is 10.0 Å². The predicted molar refractivity (Wildman–Crippen MR) is 77.8 cm³/mol. The standard InChI is InChI=1S/C16H25FN2O/c1-3-13-6-8-19(9-7-13)11-12(2)16(20)15-5-4-14(17)10-18-15/h4-5,10,12-13,16,20H,3,6-9,11H2,1-2H3. The maximum absolute atomic E-state index is 12.8. The summed E-state index contributed by atoms with van der Waals surface area (Å²) >= 11 is 0. The van der Waals surface area contributed by atoms with E-state index in [0.29, 0.717) is 5.69 Å². The van der Waals surface area contributed by atoms with Crippen LogP contribution in [0.3, 0.4) is 0 Å². The van der Waals surface area contributed by atoms with Crippen molar-refractivity contribution in [3.05, 3.63) is 29.8 Å². The van der Waals surface area contributed by atoms with E-state index in [1.807, 2.05) is 6.92 Å². The first-order chi connectivity index (χ1) is 9.60. The van der Waals surface area contributed by atoms with Crippen LogP contribution in [0.1, 0.15) is 44.9 Å². The Labute approximate surface area is 120 Å². The topological polar surface area (TPSA) is 36.4 Å². The Hall–Kier alpha value is -1.00. The second-order valence-corrected chi connectivity index (χ2v) is 5.98. The molecule has 3 nitrogen and oxygen atoms in total. The van der Waals surface area contributed by atoms with Crippen LogP contribution in [-0.4, -0.2) is 34.6 Å². The van der Waals surface area contributed by atoms with E-state index >= 15 is 0 Å². The third-order valence-electron chi connectivity index (χ3n) is 4.42. The zero-order chi connectivity index (χ0) is 14.5. The van der Waals surface area contributed by atoms with E-state index in [1.54, 1.807) is 6.07 Å². The normalized spacial score (nSPS) is 20.8. The molecule has 2 unspecified atom stereocenters. The molecule has 1 aromatic rings. The summed E-state index contributed by atoms with van der Waals surface area (Å²) < 4.78 is 12.8. The third-order valence-corrected chi connectivity index (χ3v) is 4.42. The Balaban J connectivity index is 1.85. The van der Waals surface area contributed by atoms with Crippen LogP contribution in [0, 0.1) is 17.7 Å². The molecule has 0 aliphatic carbocycles. The van der Waals surface area contributed by atoms with Crippen LogP contribution in [0.5, 0.6) is 0 Å². The lowest BCUT2D eigenvalue weighted by Gasteiger charge is -2.34. The smallest absolute Gasteiger partial charge is 0.141 e. The van der Waals surface area contributed by atoms with E-state index in [2.05, 4.69) is 16.8 Å². The number of halogens is 1. The van der Waals surface area contributed by atoms with Crippen LogP contribution in [0.25, 0.3) is 0 Å².